The lowest BCUT2D eigenvalue weighted by molar-refractivity contribution is -0.0930. The Labute approximate surface area is 271 Å². The maximum atomic E-state index is 12.6. The van der Waals surface area contributed by atoms with Gasteiger partial charge in [-0.2, -0.15) is 10.2 Å². The third-order valence-corrected chi connectivity index (χ3v) is 10.8. The monoisotopic (exact) mass is 637 g/mol. The molecule has 1 atom stereocenters. The molecule has 0 bridgehead atoms. The summed E-state index contributed by atoms with van der Waals surface area (Å²) in [7, 11) is 0. The standard InChI is InChI=1S/C34H48ClN7O3/c1-21-14-25-24(17-37-42(25)26-10-8-9-13-44-26)28(29(21)35)27-22(2)41(38-30(27)40-12-11-36-18-33(40,6)7)23-15-34(16-23)19-39(20-34)31(43)45-32(3,4)5/h14,17,23,26,36H,8-13,15-16,18-20H2,1-7H3. The number of nitrogens with one attached hydrogen (secondary N) is 1. The van der Waals surface area contributed by atoms with Crippen molar-refractivity contribution in [2.75, 3.05) is 44.2 Å². The fourth-order valence-corrected chi connectivity index (χ4v) is 8.24. The number of piperazine rings is 1. The molecule has 1 amide bonds. The predicted molar refractivity (Wildman–Crippen MR) is 177 cm³/mol. The molecule has 1 saturated carbocycles. The summed E-state index contributed by atoms with van der Waals surface area (Å²) in [6, 6.07) is 2.42. The van der Waals surface area contributed by atoms with Gasteiger partial charge in [0.15, 0.2) is 12.0 Å². The van der Waals surface area contributed by atoms with E-state index in [4.69, 9.17) is 31.3 Å². The fraction of sp³-hybridized carbons (Fsp3) is 0.676. The number of aryl methyl sites for hydroxylation is 1. The predicted octanol–water partition coefficient (Wildman–Crippen LogP) is 6.63. The number of hydrogen-bond acceptors (Lipinski definition) is 7. The summed E-state index contributed by atoms with van der Waals surface area (Å²) in [6.45, 7) is 19.5. The minimum absolute atomic E-state index is 0.0612. The number of amides is 1. The van der Waals surface area contributed by atoms with Crippen molar-refractivity contribution in [1.82, 2.24) is 29.8 Å². The summed E-state index contributed by atoms with van der Waals surface area (Å²) in [5, 5.41) is 15.7. The fourth-order valence-electron chi connectivity index (χ4n) is 7.99. The van der Waals surface area contributed by atoms with Crippen molar-refractivity contribution < 1.29 is 14.3 Å². The molecule has 244 valence electrons. The van der Waals surface area contributed by atoms with Crippen molar-refractivity contribution in [1.29, 1.82) is 0 Å². The number of benzene rings is 1. The molecule has 1 unspecified atom stereocenters. The number of nitrogens with zero attached hydrogens (tertiary/aromatic N) is 6. The lowest BCUT2D eigenvalue weighted by Gasteiger charge is -2.58. The molecule has 0 radical (unpaired) electrons. The van der Waals surface area contributed by atoms with Crippen LogP contribution in [0.5, 0.6) is 0 Å². The minimum atomic E-state index is -0.485. The zero-order valence-corrected chi connectivity index (χ0v) is 28.6. The summed E-state index contributed by atoms with van der Waals surface area (Å²) in [4.78, 5) is 16.9. The van der Waals surface area contributed by atoms with Gasteiger partial charge in [-0.15, -0.1) is 0 Å². The average Bonchev–Trinajstić information content (AvgIpc) is 3.48. The van der Waals surface area contributed by atoms with E-state index >= 15 is 0 Å². The van der Waals surface area contributed by atoms with E-state index in [2.05, 4.69) is 53.3 Å². The SMILES string of the molecule is Cc1cc2c(cnn2C2CCCCO2)c(-c2c(N3CCNCC3(C)C)nn(C3CC4(C3)CN(C(=O)OC(C)(C)C)C4)c2C)c1Cl. The number of anilines is 1. The number of fused-ring (bicyclic) bond motifs is 1. The minimum Gasteiger partial charge on any atom is -0.444 e. The van der Waals surface area contributed by atoms with Gasteiger partial charge in [0.25, 0.3) is 0 Å². The molecular formula is C34H48ClN7O3. The zero-order valence-electron chi connectivity index (χ0n) is 27.9. The molecule has 1 spiro atoms. The summed E-state index contributed by atoms with van der Waals surface area (Å²) >= 11 is 7.28. The summed E-state index contributed by atoms with van der Waals surface area (Å²) in [5.41, 5.74) is 4.83. The van der Waals surface area contributed by atoms with Crippen LogP contribution in [0.25, 0.3) is 22.0 Å². The van der Waals surface area contributed by atoms with Crippen LogP contribution in [0.1, 0.15) is 90.2 Å². The van der Waals surface area contributed by atoms with Gasteiger partial charge in [0.1, 0.15) is 5.60 Å². The molecule has 5 heterocycles. The highest BCUT2D eigenvalue weighted by atomic mass is 35.5. The lowest BCUT2D eigenvalue weighted by atomic mass is 9.61. The highest BCUT2D eigenvalue weighted by Crippen LogP contribution is 2.56. The highest BCUT2D eigenvalue weighted by molar-refractivity contribution is 6.36. The van der Waals surface area contributed by atoms with E-state index in [9.17, 15) is 4.79 Å². The van der Waals surface area contributed by atoms with Crippen LogP contribution in [0.4, 0.5) is 10.6 Å². The maximum absolute atomic E-state index is 12.6. The number of aromatic nitrogens is 4. The number of carbonyl (C=O) groups is 1. The second-order valence-electron chi connectivity index (χ2n) is 15.5. The molecule has 45 heavy (non-hydrogen) atoms. The van der Waals surface area contributed by atoms with Crippen LogP contribution < -0.4 is 10.2 Å². The highest BCUT2D eigenvalue weighted by Gasteiger charge is 2.55. The summed E-state index contributed by atoms with van der Waals surface area (Å²) in [5.74, 6) is 0.986. The number of likely N-dealkylation sites (tertiary alicyclic amines) is 1. The first kappa shape index (κ1) is 30.8. The van der Waals surface area contributed by atoms with E-state index in [0.717, 1.165) is 116 Å². The molecule has 7 rings (SSSR count). The van der Waals surface area contributed by atoms with Crippen LogP contribution in [0.2, 0.25) is 5.02 Å². The summed E-state index contributed by atoms with van der Waals surface area (Å²) in [6.07, 6.45) is 6.87. The first-order valence-corrected chi connectivity index (χ1v) is 17.0. The van der Waals surface area contributed by atoms with Gasteiger partial charge in [-0.3, -0.25) is 4.68 Å². The third-order valence-electron chi connectivity index (χ3n) is 10.3. The van der Waals surface area contributed by atoms with Crippen molar-refractivity contribution in [2.24, 2.45) is 5.41 Å². The van der Waals surface area contributed by atoms with Crippen LogP contribution in [0, 0.1) is 19.3 Å². The van der Waals surface area contributed by atoms with Crippen molar-refractivity contribution in [3.05, 3.63) is 28.5 Å². The van der Waals surface area contributed by atoms with Crippen LogP contribution in [-0.4, -0.2) is 81.0 Å². The van der Waals surface area contributed by atoms with Gasteiger partial charge in [-0.05, 0) is 92.2 Å². The second-order valence-corrected chi connectivity index (χ2v) is 15.9. The first-order valence-electron chi connectivity index (χ1n) is 16.6. The molecular weight excluding hydrogens is 590 g/mol. The van der Waals surface area contributed by atoms with Crippen molar-refractivity contribution >= 4 is 34.4 Å². The van der Waals surface area contributed by atoms with Gasteiger partial charge in [0, 0.05) is 72.5 Å². The van der Waals surface area contributed by atoms with E-state index in [1.807, 2.05) is 31.9 Å². The molecule has 1 aromatic carbocycles. The molecule has 1 aliphatic carbocycles. The van der Waals surface area contributed by atoms with E-state index in [-0.39, 0.29) is 29.3 Å². The van der Waals surface area contributed by atoms with Crippen molar-refractivity contribution in [3.63, 3.8) is 0 Å². The molecule has 1 N–H and O–H groups in total. The van der Waals surface area contributed by atoms with E-state index in [1.54, 1.807) is 0 Å². The lowest BCUT2D eigenvalue weighted by Crippen LogP contribution is -2.64. The number of rotatable bonds is 4. The topological polar surface area (TPSA) is 89.7 Å². The van der Waals surface area contributed by atoms with Gasteiger partial charge in [-0.25, -0.2) is 9.48 Å². The molecule has 4 aliphatic rings. The largest absolute Gasteiger partial charge is 0.444 e. The number of carbonyl (C=O) groups excluding carboxylic acids is 1. The van der Waals surface area contributed by atoms with Crippen LogP contribution >= 0.6 is 11.6 Å². The molecule has 11 heteroatoms. The van der Waals surface area contributed by atoms with Gasteiger partial charge in [0.2, 0.25) is 0 Å². The second kappa shape index (κ2) is 10.9. The Kier molecular flexibility index (Phi) is 7.45. The van der Waals surface area contributed by atoms with E-state index in [1.165, 1.54) is 0 Å². The number of hydrogen-bond donors (Lipinski definition) is 1. The third kappa shape index (κ3) is 5.30. The van der Waals surface area contributed by atoms with Gasteiger partial charge in [-0.1, -0.05) is 11.6 Å². The van der Waals surface area contributed by atoms with Crippen molar-refractivity contribution in [3.8, 4) is 11.1 Å². The van der Waals surface area contributed by atoms with Gasteiger partial charge >= 0.3 is 6.09 Å². The Morgan fingerprint density at radius 3 is 2.56 bits per heavy atom. The Morgan fingerprint density at radius 2 is 1.89 bits per heavy atom. The molecule has 3 aromatic rings. The smallest absolute Gasteiger partial charge is 0.410 e. The summed E-state index contributed by atoms with van der Waals surface area (Å²) < 4.78 is 16.1. The maximum Gasteiger partial charge on any atom is 0.410 e. The molecule has 3 aliphatic heterocycles. The zero-order chi connectivity index (χ0) is 31.9. The molecule has 10 nitrogen and oxygen atoms in total. The quantitative estimate of drug-likeness (QED) is 0.343. The van der Waals surface area contributed by atoms with Crippen LogP contribution in [0.3, 0.4) is 0 Å². The van der Waals surface area contributed by atoms with Crippen LogP contribution in [-0.2, 0) is 9.47 Å². The van der Waals surface area contributed by atoms with Gasteiger partial charge in [0.05, 0.1) is 22.8 Å². The molecule has 3 saturated heterocycles. The first-order chi connectivity index (χ1) is 21.3. The van der Waals surface area contributed by atoms with E-state index < -0.39 is 5.60 Å². The number of ether oxygens (including phenoxy) is 2. The molecule has 2 aromatic heterocycles. The van der Waals surface area contributed by atoms with Gasteiger partial charge < -0.3 is 24.6 Å². The Morgan fingerprint density at radius 1 is 1.13 bits per heavy atom. The van der Waals surface area contributed by atoms with Crippen LogP contribution in [0.15, 0.2) is 12.3 Å². The van der Waals surface area contributed by atoms with Crippen molar-refractivity contribution in [2.45, 2.75) is 104 Å². The number of halogens is 1. The normalized spacial score (nSPS) is 23.3. The average molecular weight is 638 g/mol. The molecule has 4 fully saturated rings. The Bertz CT molecular complexity index is 1620. The van der Waals surface area contributed by atoms with E-state index in [0.29, 0.717) is 0 Å². The Balaban J connectivity index is 1.27. The Hall–Kier alpha value is -2.82.